The highest BCUT2D eigenvalue weighted by atomic mass is 79.9. The number of hydrogen-bond donors (Lipinski definition) is 0. The maximum atomic E-state index is 11.8. The van der Waals surface area contributed by atoms with Crippen LogP contribution in [0.5, 0.6) is 0 Å². The van der Waals surface area contributed by atoms with Gasteiger partial charge < -0.3 is 4.42 Å². The molecule has 0 aliphatic rings. The first-order valence-electron chi connectivity index (χ1n) is 5.12. The predicted octanol–water partition coefficient (Wildman–Crippen LogP) is 4.33. The molecule has 0 saturated carbocycles. The first kappa shape index (κ1) is 12.5. The van der Waals surface area contributed by atoms with Crippen molar-refractivity contribution in [2.24, 2.45) is 0 Å². The second-order valence-corrected chi connectivity index (χ2v) is 5.53. The van der Waals surface area contributed by atoms with Gasteiger partial charge in [-0.25, -0.2) is 0 Å². The van der Waals surface area contributed by atoms with E-state index in [1.807, 2.05) is 25.1 Å². The molecular formula is C13H11BrO2S. The lowest BCUT2D eigenvalue weighted by Gasteiger charge is -2.01. The lowest BCUT2D eigenvalue weighted by Crippen LogP contribution is -2.01. The van der Waals surface area contributed by atoms with Crippen molar-refractivity contribution in [1.29, 1.82) is 0 Å². The molecule has 88 valence electrons. The van der Waals surface area contributed by atoms with Gasteiger partial charge in [-0.1, -0.05) is 17.7 Å². The Kier molecular flexibility index (Phi) is 4.07. The molecule has 0 unspecified atom stereocenters. The number of carbonyl (C=O) groups is 1. The third-order valence-corrected chi connectivity index (χ3v) is 3.85. The van der Waals surface area contributed by atoms with E-state index in [0.29, 0.717) is 16.0 Å². The summed E-state index contributed by atoms with van der Waals surface area (Å²) in [6.07, 6.45) is 1.51. The topological polar surface area (TPSA) is 30.2 Å². The Morgan fingerprint density at radius 2 is 2.24 bits per heavy atom. The standard InChI is InChI=1S/C13H11BrO2S/c1-9-3-2-4-10(7-9)17-8-12(15)13-11(14)5-6-16-13/h2-7H,8H2,1H3. The van der Waals surface area contributed by atoms with E-state index in [2.05, 4.69) is 22.0 Å². The fourth-order valence-corrected chi connectivity index (χ4v) is 2.71. The fraction of sp³-hybridized carbons (Fsp3) is 0.154. The molecule has 0 aliphatic carbocycles. The summed E-state index contributed by atoms with van der Waals surface area (Å²) in [4.78, 5) is 12.9. The molecule has 2 aromatic rings. The average molecular weight is 311 g/mol. The quantitative estimate of drug-likeness (QED) is 0.622. The Morgan fingerprint density at radius 1 is 1.41 bits per heavy atom. The molecule has 0 bridgehead atoms. The second kappa shape index (κ2) is 5.56. The van der Waals surface area contributed by atoms with Crippen molar-refractivity contribution in [3.8, 4) is 0 Å². The molecule has 0 fully saturated rings. The van der Waals surface area contributed by atoms with E-state index in [0.717, 1.165) is 4.90 Å². The molecule has 0 N–H and O–H groups in total. The average Bonchev–Trinajstić information content (AvgIpc) is 2.72. The van der Waals surface area contributed by atoms with Crippen LogP contribution in [0.25, 0.3) is 0 Å². The smallest absolute Gasteiger partial charge is 0.209 e. The van der Waals surface area contributed by atoms with Crippen molar-refractivity contribution < 1.29 is 9.21 Å². The Bertz CT molecular complexity index is 534. The fourth-order valence-electron chi connectivity index (χ4n) is 1.41. The number of thioether (sulfide) groups is 1. The molecule has 1 aromatic carbocycles. The number of benzene rings is 1. The minimum absolute atomic E-state index is 0.00613. The van der Waals surface area contributed by atoms with E-state index < -0.39 is 0 Å². The minimum atomic E-state index is -0.00613. The van der Waals surface area contributed by atoms with Crippen LogP contribution in [0.15, 0.2) is 50.4 Å². The van der Waals surface area contributed by atoms with Crippen molar-refractivity contribution >= 4 is 33.5 Å². The molecule has 0 spiro atoms. The van der Waals surface area contributed by atoms with Crippen LogP contribution in [0.4, 0.5) is 0 Å². The third kappa shape index (κ3) is 3.23. The van der Waals surface area contributed by atoms with Crippen LogP contribution in [0.3, 0.4) is 0 Å². The number of rotatable bonds is 4. The summed E-state index contributed by atoms with van der Waals surface area (Å²) in [7, 11) is 0. The van der Waals surface area contributed by atoms with Gasteiger partial charge in [0.05, 0.1) is 16.5 Å². The van der Waals surface area contributed by atoms with Crippen molar-refractivity contribution in [2.75, 3.05) is 5.75 Å². The number of hydrogen-bond acceptors (Lipinski definition) is 3. The first-order valence-corrected chi connectivity index (χ1v) is 6.90. The predicted molar refractivity (Wildman–Crippen MR) is 72.6 cm³/mol. The Morgan fingerprint density at radius 3 is 2.88 bits per heavy atom. The van der Waals surface area contributed by atoms with Gasteiger partial charge in [-0.05, 0) is 41.1 Å². The van der Waals surface area contributed by atoms with E-state index in [1.165, 1.54) is 23.6 Å². The largest absolute Gasteiger partial charge is 0.460 e. The van der Waals surface area contributed by atoms with Gasteiger partial charge in [0.2, 0.25) is 5.78 Å². The van der Waals surface area contributed by atoms with Crippen LogP contribution in [-0.2, 0) is 0 Å². The van der Waals surface area contributed by atoms with Crippen LogP contribution in [0.2, 0.25) is 0 Å². The van der Waals surface area contributed by atoms with Gasteiger partial charge >= 0.3 is 0 Å². The van der Waals surface area contributed by atoms with Crippen molar-refractivity contribution in [3.05, 3.63) is 52.4 Å². The van der Waals surface area contributed by atoms with Gasteiger partial charge in [-0.15, -0.1) is 11.8 Å². The van der Waals surface area contributed by atoms with Crippen LogP contribution in [-0.4, -0.2) is 11.5 Å². The Balaban J connectivity index is 1.99. The number of Topliss-reactive ketones (excluding diaryl/α,β-unsaturated/α-hetero) is 1. The first-order chi connectivity index (χ1) is 8.16. The highest BCUT2D eigenvalue weighted by Gasteiger charge is 2.13. The zero-order chi connectivity index (χ0) is 12.3. The number of carbonyl (C=O) groups excluding carboxylic acids is 1. The summed E-state index contributed by atoms with van der Waals surface area (Å²) in [6, 6.07) is 9.82. The summed E-state index contributed by atoms with van der Waals surface area (Å²) in [5, 5.41) is 0. The van der Waals surface area contributed by atoms with Gasteiger partial charge in [-0.2, -0.15) is 0 Å². The lowest BCUT2D eigenvalue weighted by molar-refractivity contribution is 0.0991. The highest BCUT2D eigenvalue weighted by molar-refractivity contribution is 9.10. The molecule has 0 atom stereocenters. The molecule has 0 saturated heterocycles. The summed E-state index contributed by atoms with van der Waals surface area (Å²) in [6.45, 7) is 2.04. The van der Waals surface area contributed by atoms with Gasteiger partial charge in [0.1, 0.15) is 0 Å². The van der Waals surface area contributed by atoms with E-state index in [-0.39, 0.29) is 5.78 Å². The SMILES string of the molecule is Cc1cccc(SCC(=O)c2occc2Br)c1. The van der Waals surface area contributed by atoms with Gasteiger partial charge in [0.25, 0.3) is 0 Å². The second-order valence-electron chi connectivity index (χ2n) is 3.63. The summed E-state index contributed by atoms with van der Waals surface area (Å²) in [5.41, 5.74) is 1.20. The lowest BCUT2D eigenvalue weighted by atomic mass is 10.2. The van der Waals surface area contributed by atoms with Crippen LogP contribution >= 0.6 is 27.7 Å². The third-order valence-electron chi connectivity index (χ3n) is 2.23. The summed E-state index contributed by atoms with van der Waals surface area (Å²) >= 11 is 4.80. The zero-order valence-electron chi connectivity index (χ0n) is 9.27. The molecule has 2 nitrogen and oxygen atoms in total. The van der Waals surface area contributed by atoms with Gasteiger partial charge in [0.15, 0.2) is 5.76 Å². The molecule has 17 heavy (non-hydrogen) atoms. The summed E-state index contributed by atoms with van der Waals surface area (Å²) in [5.74, 6) is 0.772. The normalized spacial score (nSPS) is 10.5. The van der Waals surface area contributed by atoms with E-state index in [1.54, 1.807) is 6.07 Å². The van der Waals surface area contributed by atoms with Crippen LogP contribution in [0.1, 0.15) is 16.1 Å². The van der Waals surface area contributed by atoms with Crippen LogP contribution < -0.4 is 0 Å². The van der Waals surface area contributed by atoms with E-state index in [9.17, 15) is 4.79 Å². The molecule has 0 radical (unpaired) electrons. The number of furan rings is 1. The molecule has 1 heterocycles. The van der Waals surface area contributed by atoms with Crippen molar-refractivity contribution in [1.82, 2.24) is 0 Å². The highest BCUT2D eigenvalue weighted by Crippen LogP contribution is 2.23. The maximum absolute atomic E-state index is 11.8. The minimum Gasteiger partial charge on any atom is -0.460 e. The molecular weight excluding hydrogens is 300 g/mol. The van der Waals surface area contributed by atoms with Crippen molar-refractivity contribution in [2.45, 2.75) is 11.8 Å². The maximum Gasteiger partial charge on any atom is 0.209 e. The van der Waals surface area contributed by atoms with E-state index in [4.69, 9.17) is 4.42 Å². The number of halogens is 1. The number of ketones is 1. The monoisotopic (exact) mass is 310 g/mol. The van der Waals surface area contributed by atoms with Crippen molar-refractivity contribution in [3.63, 3.8) is 0 Å². The molecule has 0 aliphatic heterocycles. The zero-order valence-corrected chi connectivity index (χ0v) is 11.7. The Labute approximate surface area is 113 Å². The summed E-state index contributed by atoms with van der Waals surface area (Å²) < 4.78 is 5.84. The molecule has 1 aromatic heterocycles. The number of aryl methyl sites for hydroxylation is 1. The molecule has 4 heteroatoms. The molecule has 0 amide bonds. The van der Waals surface area contributed by atoms with Gasteiger partial charge in [-0.3, -0.25) is 4.79 Å². The van der Waals surface area contributed by atoms with Gasteiger partial charge in [0, 0.05) is 4.90 Å². The van der Waals surface area contributed by atoms with Crippen LogP contribution in [0, 0.1) is 6.92 Å². The Hall–Kier alpha value is -1.00. The van der Waals surface area contributed by atoms with E-state index >= 15 is 0 Å². The molecule has 2 rings (SSSR count).